The van der Waals surface area contributed by atoms with Gasteiger partial charge in [0.2, 0.25) is 0 Å². The average molecular weight is 368 g/mol. The van der Waals surface area contributed by atoms with Crippen LogP contribution in [0.2, 0.25) is 0 Å². The number of halogens is 2. The van der Waals surface area contributed by atoms with Gasteiger partial charge in [-0.1, -0.05) is 24.6 Å². The quantitative estimate of drug-likeness (QED) is 0.547. The number of hydrogen-bond donors (Lipinski definition) is 2. The van der Waals surface area contributed by atoms with E-state index >= 15 is 0 Å². The summed E-state index contributed by atoms with van der Waals surface area (Å²) < 4.78 is 29.7. The predicted octanol–water partition coefficient (Wildman–Crippen LogP) is 2.99. The number of guanidine groups is 1. The third-order valence-electron chi connectivity index (χ3n) is 4.49. The Bertz CT molecular complexity index is 589. The van der Waals surface area contributed by atoms with Gasteiger partial charge >= 0.3 is 6.61 Å². The maximum absolute atomic E-state index is 12.6. The number of aryl methyl sites for hydroxylation is 1. The van der Waals surface area contributed by atoms with E-state index in [0.717, 1.165) is 18.7 Å². The molecule has 2 N–H and O–H groups in total. The number of nitrogens with one attached hydrogen (secondary N) is 2. The van der Waals surface area contributed by atoms with Gasteiger partial charge in [-0.3, -0.25) is 4.99 Å². The Hall–Kier alpha value is -1.89. The highest BCUT2D eigenvalue weighted by Gasteiger charge is 2.15. The van der Waals surface area contributed by atoms with E-state index in [9.17, 15) is 8.78 Å². The molecule has 0 amide bonds. The lowest BCUT2D eigenvalue weighted by molar-refractivity contribution is -0.0504. The molecule has 146 valence electrons. The van der Waals surface area contributed by atoms with Crippen LogP contribution in [0.3, 0.4) is 0 Å². The molecule has 1 saturated heterocycles. The summed E-state index contributed by atoms with van der Waals surface area (Å²) in [6.45, 7) is 5.94. The van der Waals surface area contributed by atoms with E-state index < -0.39 is 6.61 Å². The molecular formula is C19H30F2N4O. The molecule has 0 radical (unpaired) electrons. The molecule has 1 heterocycles. The van der Waals surface area contributed by atoms with Crippen LogP contribution in [-0.2, 0) is 6.54 Å². The Morgan fingerprint density at radius 1 is 1.27 bits per heavy atom. The van der Waals surface area contributed by atoms with Gasteiger partial charge in [0.15, 0.2) is 5.96 Å². The molecule has 0 saturated carbocycles. The molecule has 1 aliphatic rings. The lowest BCUT2D eigenvalue weighted by Crippen LogP contribution is -2.41. The third kappa shape index (κ3) is 6.78. The second-order valence-electron chi connectivity index (χ2n) is 6.91. The molecule has 0 aliphatic carbocycles. The van der Waals surface area contributed by atoms with Crippen LogP contribution in [-0.4, -0.2) is 50.7 Å². The van der Waals surface area contributed by atoms with E-state index in [-0.39, 0.29) is 5.75 Å². The summed E-state index contributed by atoms with van der Waals surface area (Å²) in [5, 5.41) is 6.49. The summed E-state index contributed by atoms with van der Waals surface area (Å²) in [7, 11) is 1.70. The van der Waals surface area contributed by atoms with Crippen LogP contribution in [0, 0.1) is 12.8 Å². The van der Waals surface area contributed by atoms with Gasteiger partial charge < -0.3 is 20.3 Å². The minimum atomic E-state index is -2.83. The van der Waals surface area contributed by atoms with E-state index in [1.807, 2.05) is 13.0 Å². The Morgan fingerprint density at radius 3 is 2.65 bits per heavy atom. The number of benzene rings is 1. The van der Waals surface area contributed by atoms with Crippen molar-refractivity contribution >= 4 is 5.96 Å². The van der Waals surface area contributed by atoms with Crippen LogP contribution >= 0.6 is 0 Å². The molecule has 1 aliphatic heterocycles. The van der Waals surface area contributed by atoms with Gasteiger partial charge in [0.05, 0.1) is 0 Å². The zero-order valence-electron chi connectivity index (χ0n) is 15.9. The third-order valence-corrected chi connectivity index (χ3v) is 4.49. The molecule has 1 aromatic rings. The summed E-state index contributed by atoms with van der Waals surface area (Å²) in [6, 6.07) is 5.18. The topological polar surface area (TPSA) is 48.9 Å². The van der Waals surface area contributed by atoms with Crippen molar-refractivity contribution in [2.75, 3.05) is 33.2 Å². The molecule has 26 heavy (non-hydrogen) atoms. The summed E-state index contributed by atoms with van der Waals surface area (Å²) in [6.07, 6.45) is 2.59. The molecule has 0 spiro atoms. The van der Waals surface area contributed by atoms with Gasteiger partial charge in [-0.2, -0.15) is 8.78 Å². The van der Waals surface area contributed by atoms with E-state index in [1.165, 1.54) is 25.9 Å². The van der Waals surface area contributed by atoms with Gasteiger partial charge in [0, 0.05) is 32.2 Å². The fourth-order valence-electron chi connectivity index (χ4n) is 3.20. The fourth-order valence-corrected chi connectivity index (χ4v) is 3.20. The number of nitrogens with zero attached hydrogens (tertiary/aromatic N) is 2. The number of ether oxygens (including phenoxy) is 1. The maximum Gasteiger partial charge on any atom is 0.387 e. The zero-order valence-corrected chi connectivity index (χ0v) is 15.9. The first-order chi connectivity index (χ1) is 12.5. The highest BCUT2D eigenvalue weighted by atomic mass is 19.3. The second kappa shape index (κ2) is 10.3. The monoisotopic (exact) mass is 368 g/mol. The molecular weight excluding hydrogens is 338 g/mol. The number of likely N-dealkylation sites (tertiary alicyclic amines) is 1. The molecule has 0 bridgehead atoms. The van der Waals surface area contributed by atoms with Crippen LogP contribution in [0.1, 0.15) is 30.9 Å². The number of alkyl halides is 2. The van der Waals surface area contributed by atoms with Gasteiger partial charge in [-0.05, 0) is 44.8 Å². The van der Waals surface area contributed by atoms with E-state index in [0.29, 0.717) is 24.0 Å². The molecule has 1 unspecified atom stereocenters. The van der Waals surface area contributed by atoms with Crippen molar-refractivity contribution in [2.24, 2.45) is 10.9 Å². The lowest BCUT2D eigenvalue weighted by Gasteiger charge is -2.21. The van der Waals surface area contributed by atoms with Crippen molar-refractivity contribution < 1.29 is 13.5 Å². The van der Waals surface area contributed by atoms with Crippen LogP contribution in [0.25, 0.3) is 0 Å². The lowest BCUT2D eigenvalue weighted by atomic mass is 10.1. The minimum absolute atomic E-state index is 0.191. The van der Waals surface area contributed by atoms with Crippen LogP contribution in [0.5, 0.6) is 5.75 Å². The van der Waals surface area contributed by atoms with Crippen molar-refractivity contribution in [2.45, 2.75) is 39.8 Å². The summed E-state index contributed by atoms with van der Waals surface area (Å²) in [4.78, 5) is 6.70. The fraction of sp³-hybridized carbons (Fsp3) is 0.632. The van der Waals surface area contributed by atoms with Gasteiger partial charge in [-0.25, -0.2) is 0 Å². The highest BCUT2D eigenvalue weighted by Crippen LogP contribution is 2.22. The van der Waals surface area contributed by atoms with E-state index in [1.54, 1.807) is 19.2 Å². The summed E-state index contributed by atoms with van der Waals surface area (Å²) in [5.74, 6) is 1.35. The first-order valence-corrected chi connectivity index (χ1v) is 9.19. The van der Waals surface area contributed by atoms with Crippen LogP contribution in [0.15, 0.2) is 23.2 Å². The number of hydrogen-bond acceptors (Lipinski definition) is 3. The molecule has 7 heteroatoms. The van der Waals surface area contributed by atoms with Crippen molar-refractivity contribution in [3.05, 3.63) is 29.3 Å². The van der Waals surface area contributed by atoms with Gasteiger partial charge in [0.1, 0.15) is 5.75 Å². The van der Waals surface area contributed by atoms with Gasteiger partial charge in [-0.15, -0.1) is 0 Å². The van der Waals surface area contributed by atoms with Crippen LogP contribution < -0.4 is 15.4 Å². The molecule has 1 atom stereocenters. The van der Waals surface area contributed by atoms with Crippen molar-refractivity contribution in [1.29, 1.82) is 0 Å². The average Bonchev–Trinajstić information content (AvgIpc) is 3.09. The Labute approximate surface area is 154 Å². The smallest absolute Gasteiger partial charge is 0.387 e. The normalized spacial score (nSPS) is 16.8. The highest BCUT2D eigenvalue weighted by molar-refractivity contribution is 5.79. The SMILES string of the molecule is CN=C(NCc1cc(C)ccc1OC(F)F)NCC(C)CN1CCCC1. The van der Waals surface area contributed by atoms with Crippen molar-refractivity contribution in [1.82, 2.24) is 15.5 Å². The van der Waals surface area contributed by atoms with E-state index in [4.69, 9.17) is 0 Å². The number of rotatable bonds is 8. The molecule has 0 aromatic heterocycles. The Kier molecular flexibility index (Phi) is 8.09. The predicted molar refractivity (Wildman–Crippen MR) is 101 cm³/mol. The molecule has 2 rings (SSSR count). The Morgan fingerprint density at radius 2 is 2.00 bits per heavy atom. The second-order valence-corrected chi connectivity index (χ2v) is 6.91. The summed E-state index contributed by atoms with van der Waals surface area (Å²) in [5.41, 5.74) is 1.67. The van der Waals surface area contributed by atoms with Crippen molar-refractivity contribution in [3.63, 3.8) is 0 Å². The largest absolute Gasteiger partial charge is 0.434 e. The first-order valence-electron chi connectivity index (χ1n) is 9.19. The molecule has 1 aromatic carbocycles. The molecule has 5 nitrogen and oxygen atoms in total. The van der Waals surface area contributed by atoms with E-state index in [2.05, 4.69) is 32.2 Å². The van der Waals surface area contributed by atoms with Crippen LogP contribution in [0.4, 0.5) is 8.78 Å². The minimum Gasteiger partial charge on any atom is -0.434 e. The first kappa shape index (κ1) is 20.4. The van der Waals surface area contributed by atoms with Gasteiger partial charge in [0.25, 0.3) is 0 Å². The Balaban J connectivity index is 1.83. The maximum atomic E-state index is 12.6. The zero-order chi connectivity index (χ0) is 18.9. The summed E-state index contributed by atoms with van der Waals surface area (Å²) >= 11 is 0. The standard InChI is InChI=1S/C19H30F2N4O/c1-14-6-7-17(26-18(20)21)16(10-14)12-24-19(22-3)23-11-15(2)13-25-8-4-5-9-25/h6-7,10,15,18H,4-5,8-9,11-13H2,1-3H3,(H2,22,23,24). The van der Waals surface area contributed by atoms with Crippen molar-refractivity contribution in [3.8, 4) is 5.75 Å². The molecule has 1 fully saturated rings. The number of aliphatic imine (C=N–C) groups is 1.